The number of hydrogen-bond donors (Lipinski definition) is 1. The molecule has 178 valence electrons. The molecule has 5 aromatic rings. The molecule has 36 heavy (non-hydrogen) atoms. The molecule has 0 bridgehead atoms. The lowest BCUT2D eigenvalue weighted by molar-refractivity contribution is -0.142. The molecule has 11 heteroatoms. The Kier molecular flexibility index (Phi) is 5.95. The summed E-state index contributed by atoms with van der Waals surface area (Å²) in [7, 11) is 0. The number of nitrogens with one attached hydrogen (secondary N) is 1. The highest BCUT2D eigenvalue weighted by Gasteiger charge is 2.36. The van der Waals surface area contributed by atoms with E-state index in [9.17, 15) is 18.0 Å². The first-order valence-corrected chi connectivity index (χ1v) is 10.6. The topological polar surface area (TPSA) is 98.5 Å². The number of amides is 1. The average Bonchev–Trinajstić information content (AvgIpc) is 3.37. The van der Waals surface area contributed by atoms with E-state index >= 15 is 0 Å². The number of aromatic nitrogens is 6. The number of carbonyl (C=O) groups excluding carboxylic acids is 1. The molecule has 8 nitrogen and oxygen atoms in total. The molecule has 0 spiro atoms. The van der Waals surface area contributed by atoms with E-state index in [1.54, 1.807) is 42.7 Å². The molecule has 0 radical (unpaired) electrons. The van der Waals surface area contributed by atoms with E-state index in [1.165, 1.54) is 37.1 Å². The van der Waals surface area contributed by atoms with Crippen LogP contribution < -0.4 is 5.32 Å². The van der Waals surface area contributed by atoms with E-state index < -0.39 is 17.8 Å². The first kappa shape index (κ1) is 22.8. The molecule has 0 unspecified atom stereocenters. The first-order valence-electron chi connectivity index (χ1n) is 10.6. The Balaban J connectivity index is 1.39. The van der Waals surface area contributed by atoms with Crippen LogP contribution in [-0.4, -0.2) is 35.6 Å². The van der Waals surface area contributed by atoms with Crippen molar-refractivity contribution in [2.45, 2.75) is 6.18 Å². The number of nitrogens with zero attached hydrogens (tertiary/aromatic N) is 6. The number of halogens is 3. The number of hydrogen-bond acceptors (Lipinski definition) is 6. The van der Waals surface area contributed by atoms with Crippen molar-refractivity contribution in [1.29, 1.82) is 0 Å². The minimum Gasteiger partial charge on any atom is -0.321 e. The first-order chi connectivity index (χ1) is 17.4. The smallest absolute Gasteiger partial charge is 0.321 e. The number of pyridine rings is 2. The molecule has 4 heterocycles. The van der Waals surface area contributed by atoms with Crippen LogP contribution in [0, 0.1) is 0 Å². The van der Waals surface area contributed by atoms with Crippen LogP contribution in [0.25, 0.3) is 28.2 Å². The van der Waals surface area contributed by atoms with Crippen LogP contribution in [0.5, 0.6) is 0 Å². The number of rotatable bonds is 5. The van der Waals surface area contributed by atoms with Gasteiger partial charge in [0.15, 0.2) is 11.5 Å². The van der Waals surface area contributed by atoms with Crippen molar-refractivity contribution >= 4 is 11.6 Å². The molecule has 0 aliphatic rings. The van der Waals surface area contributed by atoms with Crippen LogP contribution in [0.1, 0.15) is 16.1 Å². The van der Waals surface area contributed by atoms with Gasteiger partial charge in [-0.05, 0) is 48.0 Å². The SMILES string of the molecule is O=C(Nc1ccc(-n2nc(-c3cccnc3)cc2C(F)(F)F)nc1)c1cccc(-c2cncnc2)c1. The lowest BCUT2D eigenvalue weighted by Gasteiger charge is -2.10. The minimum absolute atomic E-state index is 0.0541. The van der Waals surface area contributed by atoms with Crippen molar-refractivity contribution in [3.05, 3.63) is 103 Å². The summed E-state index contributed by atoms with van der Waals surface area (Å²) in [5.74, 6) is -0.460. The van der Waals surface area contributed by atoms with Crippen LogP contribution in [0.15, 0.2) is 91.9 Å². The third-order valence-electron chi connectivity index (χ3n) is 5.20. The fraction of sp³-hybridized carbons (Fsp3) is 0.0400. The number of alkyl halides is 3. The third-order valence-corrected chi connectivity index (χ3v) is 5.20. The van der Waals surface area contributed by atoms with E-state index in [0.29, 0.717) is 16.8 Å². The molecule has 1 aromatic carbocycles. The molecule has 0 aliphatic heterocycles. The fourth-order valence-electron chi connectivity index (χ4n) is 3.49. The summed E-state index contributed by atoms with van der Waals surface area (Å²) in [6.07, 6.45) is 4.25. The Hall–Kier alpha value is -4.93. The Morgan fingerprint density at radius 3 is 2.31 bits per heavy atom. The Labute approximate surface area is 202 Å². The summed E-state index contributed by atoms with van der Waals surface area (Å²) in [6.45, 7) is 0. The van der Waals surface area contributed by atoms with Gasteiger partial charge in [-0.3, -0.25) is 9.78 Å². The lowest BCUT2D eigenvalue weighted by Crippen LogP contribution is -2.15. The summed E-state index contributed by atoms with van der Waals surface area (Å²) < 4.78 is 41.8. The number of benzene rings is 1. The maximum absolute atomic E-state index is 13.7. The van der Waals surface area contributed by atoms with Gasteiger partial charge in [-0.1, -0.05) is 12.1 Å². The second kappa shape index (κ2) is 9.37. The van der Waals surface area contributed by atoms with Crippen molar-refractivity contribution in [3.63, 3.8) is 0 Å². The molecule has 0 atom stereocenters. The van der Waals surface area contributed by atoms with Crippen LogP contribution >= 0.6 is 0 Å². The normalized spacial score (nSPS) is 11.3. The van der Waals surface area contributed by atoms with E-state index in [-0.39, 0.29) is 11.5 Å². The van der Waals surface area contributed by atoms with Gasteiger partial charge < -0.3 is 5.32 Å². The van der Waals surface area contributed by atoms with Crippen LogP contribution in [0.4, 0.5) is 18.9 Å². The zero-order valence-electron chi connectivity index (χ0n) is 18.4. The fourth-order valence-corrected chi connectivity index (χ4v) is 3.49. The maximum Gasteiger partial charge on any atom is 0.433 e. The average molecular weight is 487 g/mol. The van der Waals surface area contributed by atoms with Crippen LogP contribution in [0.2, 0.25) is 0 Å². The Bertz CT molecular complexity index is 1500. The van der Waals surface area contributed by atoms with E-state index in [2.05, 4.69) is 30.4 Å². The molecular formula is C25H16F3N7O. The van der Waals surface area contributed by atoms with Gasteiger partial charge in [-0.25, -0.2) is 19.6 Å². The van der Waals surface area contributed by atoms with E-state index in [4.69, 9.17) is 0 Å². The summed E-state index contributed by atoms with van der Waals surface area (Å²) in [4.78, 5) is 28.7. The van der Waals surface area contributed by atoms with Crippen LogP contribution in [0.3, 0.4) is 0 Å². The number of carbonyl (C=O) groups is 1. The second-order valence-corrected chi connectivity index (χ2v) is 7.63. The van der Waals surface area contributed by atoms with Crippen molar-refractivity contribution in [3.8, 4) is 28.2 Å². The van der Waals surface area contributed by atoms with Gasteiger partial charge in [0.2, 0.25) is 0 Å². The zero-order chi connectivity index (χ0) is 25.1. The van der Waals surface area contributed by atoms with Gasteiger partial charge in [-0.15, -0.1) is 0 Å². The third kappa shape index (κ3) is 4.80. The van der Waals surface area contributed by atoms with Crippen molar-refractivity contribution in [2.24, 2.45) is 0 Å². The molecule has 0 saturated heterocycles. The summed E-state index contributed by atoms with van der Waals surface area (Å²) in [5, 5.41) is 6.79. The molecule has 0 fully saturated rings. The molecule has 1 amide bonds. The Morgan fingerprint density at radius 1 is 0.833 bits per heavy atom. The quantitative estimate of drug-likeness (QED) is 0.372. The standard InChI is InChI=1S/C25H16F3N7O/c26-25(27,28)22-10-21(18-5-2-8-29-11-18)34-35(22)23-7-6-20(14-32-23)33-24(36)17-4-1-3-16(9-17)19-12-30-15-31-13-19/h1-15H,(H,33,36). The molecule has 1 N–H and O–H groups in total. The molecular weight excluding hydrogens is 471 g/mol. The summed E-state index contributed by atoms with van der Waals surface area (Å²) in [6, 6.07) is 13.9. The van der Waals surface area contributed by atoms with Crippen molar-refractivity contribution < 1.29 is 18.0 Å². The molecule has 0 aliphatic carbocycles. The predicted molar refractivity (Wildman–Crippen MR) is 125 cm³/mol. The largest absolute Gasteiger partial charge is 0.433 e. The molecule has 5 rings (SSSR count). The monoisotopic (exact) mass is 487 g/mol. The zero-order valence-corrected chi connectivity index (χ0v) is 18.4. The van der Waals surface area contributed by atoms with E-state index in [1.807, 2.05) is 6.07 Å². The highest BCUT2D eigenvalue weighted by Crippen LogP contribution is 2.33. The molecule has 4 aromatic heterocycles. The van der Waals surface area contributed by atoms with Gasteiger partial charge in [0.25, 0.3) is 5.91 Å². The highest BCUT2D eigenvalue weighted by molar-refractivity contribution is 6.04. The minimum atomic E-state index is -4.66. The Morgan fingerprint density at radius 2 is 1.61 bits per heavy atom. The predicted octanol–water partition coefficient (Wildman–Crippen LogP) is 5.06. The van der Waals surface area contributed by atoms with Gasteiger partial charge in [0, 0.05) is 41.5 Å². The number of anilines is 1. The summed E-state index contributed by atoms with van der Waals surface area (Å²) in [5.41, 5.74) is 1.78. The van der Waals surface area contributed by atoms with Gasteiger partial charge in [0.1, 0.15) is 6.33 Å². The second-order valence-electron chi connectivity index (χ2n) is 7.63. The van der Waals surface area contributed by atoms with Crippen LogP contribution in [-0.2, 0) is 6.18 Å². The van der Waals surface area contributed by atoms with Crippen molar-refractivity contribution in [1.82, 2.24) is 29.7 Å². The van der Waals surface area contributed by atoms with Gasteiger partial charge >= 0.3 is 6.18 Å². The summed E-state index contributed by atoms with van der Waals surface area (Å²) >= 11 is 0. The van der Waals surface area contributed by atoms with E-state index in [0.717, 1.165) is 21.9 Å². The molecule has 0 saturated carbocycles. The van der Waals surface area contributed by atoms with Gasteiger partial charge in [-0.2, -0.15) is 18.3 Å². The highest BCUT2D eigenvalue weighted by atomic mass is 19.4. The lowest BCUT2D eigenvalue weighted by atomic mass is 10.1. The van der Waals surface area contributed by atoms with Crippen molar-refractivity contribution in [2.75, 3.05) is 5.32 Å². The maximum atomic E-state index is 13.7. The van der Waals surface area contributed by atoms with Gasteiger partial charge in [0.05, 0.1) is 17.6 Å².